The summed E-state index contributed by atoms with van der Waals surface area (Å²) >= 11 is 13.6. The quantitative estimate of drug-likeness (QED) is 0.884. The molecule has 0 radical (unpaired) electrons. The van der Waals surface area contributed by atoms with Gasteiger partial charge < -0.3 is 5.32 Å². The number of thiazole rings is 1. The fraction of sp³-hybridized carbons (Fsp3) is 0.357. The van der Waals surface area contributed by atoms with E-state index in [1.54, 1.807) is 11.3 Å². The van der Waals surface area contributed by atoms with Gasteiger partial charge in [0.05, 0.1) is 20.7 Å². The Bertz CT molecular complexity index is 579. The molecule has 1 aromatic carbocycles. The Morgan fingerprint density at radius 1 is 1.26 bits per heavy atom. The van der Waals surface area contributed by atoms with E-state index in [1.165, 1.54) is 12.8 Å². The topological polar surface area (TPSA) is 24.9 Å². The molecule has 0 bridgehead atoms. The maximum absolute atomic E-state index is 6.03. The molecule has 5 heteroatoms. The zero-order chi connectivity index (χ0) is 13.2. The second kappa shape index (κ2) is 5.80. The predicted molar refractivity (Wildman–Crippen MR) is 82.3 cm³/mol. The molecule has 1 fully saturated rings. The number of aromatic nitrogens is 1. The minimum atomic E-state index is 0.573. The van der Waals surface area contributed by atoms with Gasteiger partial charge in [0.1, 0.15) is 0 Å². The van der Waals surface area contributed by atoms with E-state index >= 15 is 0 Å². The molecule has 1 heterocycles. The average Bonchev–Trinajstić information content (AvgIpc) is 3.10. The number of hydrogen-bond donors (Lipinski definition) is 1. The SMILES string of the molecule is Clc1ccc(-c2csc(CCNC3CC3)n2)cc1Cl. The number of nitrogens with one attached hydrogen (secondary N) is 1. The van der Waals surface area contributed by atoms with Gasteiger partial charge in [0.15, 0.2) is 0 Å². The molecule has 3 rings (SSSR count). The summed E-state index contributed by atoms with van der Waals surface area (Å²) in [5, 5.41) is 7.89. The van der Waals surface area contributed by atoms with Crippen LogP contribution in [0.2, 0.25) is 10.0 Å². The molecule has 1 saturated carbocycles. The summed E-state index contributed by atoms with van der Waals surface area (Å²) in [6, 6.07) is 6.39. The lowest BCUT2D eigenvalue weighted by atomic mass is 10.2. The van der Waals surface area contributed by atoms with E-state index in [1.807, 2.05) is 18.2 Å². The van der Waals surface area contributed by atoms with Crippen molar-refractivity contribution in [2.45, 2.75) is 25.3 Å². The smallest absolute Gasteiger partial charge is 0.0945 e. The molecule has 100 valence electrons. The Labute approximate surface area is 126 Å². The molecular formula is C14H14Cl2N2S. The van der Waals surface area contributed by atoms with Crippen molar-refractivity contribution in [1.29, 1.82) is 0 Å². The van der Waals surface area contributed by atoms with Gasteiger partial charge in [-0.2, -0.15) is 0 Å². The zero-order valence-electron chi connectivity index (χ0n) is 10.3. The molecule has 1 N–H and O–H groups in total. The zero-order valence-corrected chi connectivity index (χ0v) is 12.7. The maximum atomic E-state index is 6.03. The van der Waals surface area contributed by atoms with Crippen LogP contribution in [0.25, 0.3) is 11.3 Å². The summed E-state index contributed by atoms with van der Waals surface area (Å²) in [4.78, 5) is 4.65. The lowest BCUT2D eigenvalue weighted by molar-refractivity contribution is 0.680. The molecule has 0 saturated heterocycles. The molecule has 19 heavy (non-hydrogen) atoms. The molecule has 2 aromatic rings. The van der Waals surface area contributed by atoms with Crippen LogP contribution in [0, 0.1) is 0 Å². The highest BCUT2D eigenvalue weighted by Gasteiger charge is 2.19. The molecule has 2 nitrogen and oxygen atoms in total. The van der Waals surface area contributed by atoms with Gasteiger partial charge in [-0.25, -0.2) is 4.98 Å². The molecule has 0 spiro atoms. The van der Waals surface area contributed by atoms with Gasteiger partial charge >= 0.3 is 0 Å². The van der Waals surface area contributed by atoms with Crippen LogP contribution in [0.15, 0.2) is 23.6 Å². The molecule has 0 unspecified atom stereocenters. The summed E-state index contributed by atoms with van der Waals surface area (Å²) in [6.07, 6.45) is 3.64. The van der Waals surface area contributed by atoms with E-state index in [9.17, 15) is 0 Å². The van der Waals surface area contributed by atoms with Crippen molar-refractivity contribution in [2.24, 2.45) is 0 Å². The molecule has 1 aromatic heterocycles. The second-order valence-corrected chi connectivity index (χ2v) is 6.49. The number of benzene rings is 1. The van der Waals surface area contributed by atoms with Gasteiger partial charge in [0.2, 0.25) is 0 Å². The van der Waals surface area contributed by atoms with Crippen molar-refractivity contribution in [3.05, 3.63) is 38.6 Å². The normalized spacial score (nSPS) is 14.8. The highest BCUT2D eigenvalue weighted by atomic mass is 35.5. The Morgan fingerprint density at radius 3 is 2.84 bits per heavy atom. The van der Waals surface area contributed by atoms with Crippen LogP contribution >= 0.6 is 34.5 Å². The number of rotatable bonds is 5. The molecule has 1 aliphatic carbocycles. The summed E-state index contributed by atoms with van der Waals surface area (Å²) in [6.45, 7) is 1.01. The van der Waals surface area contributed by atoms with Crippen LogP contribution in [0.5, 0.6) is 0 Å². The Hall–Kier alpha value is -0.610. The Morgan fingerprint density at radius 2 is 2.11 bits per heavy atom. The number of hydrogen-bond acceptors (Lipinski definition) is 3. The molecule has 1 aliphatic rings. The first-order chi connectivity index (χ1) is 9.22. The van der Waals surface area contributed by atoms with Gasteiger partial charge in [0, 0.05) is 30.0 Å². The summed E-state index contributed by atoms with van der Waals surface area (Å²) in [7, 11) is 0. The van der Waals surface area contributed by atoms with Crippen LogP contribution in [-0.2, 0) is 6.42 Å². The third kappa shape index (κ3) is 3.48. The van der Waals surface area contributed by atoms with Crippen molar-refractivity contribution in [2.75, 3.05) is 6.54 Å². The van der Waals surface area contributed by atoms with Crippen molar-refractivity contribution < 1.29 is 0 Å². The van der Waals surface area contributed by atoms with Crippen molar-refractivity contribution in [3.63, 3.8) is 0 Å². The first-order valence-electron chi connectivity index (χ1n) is 6.35. The highest BCUT2D eigenvalue weighted by Crippen LogP contribution is 2.29. The van der Waals surface area contributed by atoms with Gasteiger partial charge in [-0.1, -0.05) is 29.3 Å². The van der Waals surface area contributed by atoms with E-state index in [0.717, 1.165) is 35.3 Å². The largest absolute Gasteiger partial charge is 0.314 e. The van der Waals surface area contributed by atoms with Crippen molar-refractivity contribution in [3.8, 4) is 11.3 Å². The third-order valence-corrected chi connectivity index (χ3v) is 4.76. The average molecular weight is 313 g/mol. The number of halogens is 2. The first kappa shape index (κ1) is 13.4. The van der Waals surface area contributed by atoms with E-state index in [-0.39, 0.29) is 0 Å². The maximum Gasteiger partial charge on any atom is 0.0945 e. The van der Waals surface area contributed by atoms with Crippen LogP contribution in [0.4, 0.5) is 0 Å². The first-order valence-corrected chi connectivity index (χ1v) is 7.99. The van der Waals surface area contributed by atoms with Crippen molar-refractivity contribution in [1.82, 2.24) is 10.3 Å². The van der Waals surface area contributed by atoms with E-state index in [0.29, 0.717) is 10.0 Å². The number of nitrogens with zero attached hydrogens (tertiary/aromatic N) is 1. The molecule has 0 atom stereocenters. The van der Waals surface area contributed by atoms with E-state index in [4.69, 9.17) is 23.2 Å². The lowest BCUT2D eigenvalue weighted by Gasteiger charge is -2.00. The Kier molecular flexibility index (Phi) is 4.08. The monoisotopic (exact) mass is 312 g/mol. The minimum Gasteiger partial charge on any atom is -0.314 e. The summed E-state index contributed by atoms with van der Waals surface area (Å²) < 4.78 is 0. The van der Waals surface area contributed by atoms with Gasteiger partial charge in [-0.3, -0.25) is 0 Å². The lowest BCUT2D eigenvalue weighted by Crippen LogP contribution is -2.19. The summed E-state index contributed by atoms with van der Waals surface area (Å²) in [5.41, 5.74) is 2.00. The standard InChI is InChI=1S/C14H14Cl2N2S/c15-11-4-1-9(7-12(11)16)13-8-19-14(18-13)5-6-17-10-2-3-10/h1,4,7-8,10,17H,2-3,5-6H2. The Balaban J connectivity index is 1.67. The molecular weight excluding hydrogens is 299 g/mol. The van der Waals surface area contributed by atoms with Gasteiger partial charge in [-0.15, -0.1) is 11.3 Å². The van der Waals surface area contributed by atoms with Crippen LogP contribution in [-0.4, -0.2) is 17.6 Å². The van der Waals surface area contributed by atoms with Crippen LogP contribution in [0.3, 0.4) is 0 Å². The van der Waals surface area contributed by atoms with Crippen LogP contribution in [0.1, 0.15) is 17.8 Å². The molecule has 0 aliphatic heterocycles. The molecule has 0 amide bonds. The highest BCUT2D eigenvalue weighted by molar-refractivity contribution is 7.09. The van der Waals surface area contributed by atoms with Crippen LogP contribution < -0.4 is 5.32 Å². The van der Waals surface area contributed by atoms with E-state index < -0.39 is 0 Å². The van der Waals surface area contributed by atoms with Crippen molar-refractivity contribution >= 4 is 34.5 Å². The third-order valence-electron chi connectivity index (χ3n) is 3.12. The minimum absolute atomic E-state index is 0.573. The summed E-state index contributed by atoms with van der Waals surface area (Å²) in [5.74, 6) is 0. The fourth-order valence-corrected chi connectivity index (χ4v) is 2.99. The van der Waals surface area contributed by atoms with Gasteiger partial charge in [0.25, 0.3) is 0 Å². The van der Waals surface area contributed by atoms with Gasteiger partial charge in [-0.05, 0) is 25.0 Å². The van der Waals surface area contributed by atoms with E-state index in [2.05, 4.69) is 15.7 Å². The fourth-order valence-electron chi connectivity index (χ4n) is 1.88. The second-order valence-electron chi connectivity index (χ2n) is 4.73. The predicted octanol–water partition coefficient (Wildman–Crippen LogP) is 4.41.